The highest BCUT2D eigenvalue weighted by molar-refractivity contribution is 5.79. The number of nitrogens with zero attached hydrogens (tertiary/aromatic N) is 4. The van der Waals surface area contributed by atoms with E-state index in [-0.39, 0.29) is 0 Å². The molecule has 2 aromatic rings. The van der Waals surface area contributed by atoms with Crippen LogP contribution in [0.15, 0.2) is 47.7 Å². The van der Waals surface area contributed by atoms with Crippen molar-refractivity contribution >= 4 is 5.96 Å². The topological polar surface area (TPSA) is 57.5 Å². The zero-order valence-electron chi connectivity index (χ0n) is 16.6. The lowest BCUT2D eigenvalue weighted by atomic mass is 9.99. The Hall–Kier alpha value is -2.34. The minimum atomic E-state index is 0.748. The number of likely N-dealkylation sites (tertiary alicyclic amines) is 1. The Morgan fingerprint density at radius 1 is 1.15 bits per heavy atom. The van der Waals surface area contributed by atoms with Crippen molar-refractivity contribution in [2.45, 2.75) is 32.9 Å². The van der Waals surface area contributed by atoms with Gasteiger partial charge < -0.3 is 15.5 Å². The zero-order chi connectivity index (χ0) is 18.9. The maximum absolute atomic E-state index is 4.36. The van der Waals surface area contributed by atoms with Gasteiger partial charge in [-0.25, -0.2) is 0 Å². The molecule has 0 bridgehead atoms. The van der Waals surface area contributed by atoms with E-state index in [0.29, 0.717) is 0 Å². The Labute approximate surface area is 162 Å². The molecule has 0 atom stereocenters. The second-order valence-electron chi connectivity index (χ2n) is 7.35. The molecule has 0 unspecified atom stereocenters. The van der Waals surface area contributed by atoms with Gasteiger partial charge in [-0.2, -0.15) is 5.10 Å². The van der Waals surface area contributed by atoms with Crippen LogP contribution in [0.4, 0.5) is 0 Å². The molecule has 1 saturated heterocycles. The van der Waals surface area contributed by atoms with Crippen LogP contribution in [-0.4, -0.2) is 53.9 Å². The highest BCUT2D eigenvalue weighted by atomic mass is 15.3. The van der Waals surface area contributed by atoms with E-state index in [1.54, 1.807) is 0 Å². The van der Waals surface area contributed by atoms with Gasteiger partial charge in [-0.05, 0) is 49.0 Å². The molecule has 0 saturated carbocycles. The van der Waals surface area contributed by atoms with E-state index in [2.05, 4.69) is 56.8 Å². The van der Waals surface area contributed by atoms with Crippen LogP contribution in [0.3, 0.4) is 0 Å². The molecule has 0 aliphatic carbocycles. The first-order valence-electron chi connectivity index (χ1n) is 9.95. The number of benzene rings is 1. The first-order chi connectivity index (χ1) is 13.2. The highest BCUT2D eigenvalue weighted by Crippen LogP contribution is 2.15. The Kier molecular flexibility index (Phi) is 7.27. The Morgan fingerprint density at radius 2 is 1.93 bits per heavy atom. The average Bonchev–Trinajstić information content (AvgIpc) is 3.20. The third-order valence-corrected chi connectivity index (χ3v) is 5.28. The Balaban J connectivity index is 1.45. The smallest absolute Gasteiger partial charge is 0.191 e. The van der Waals surface area contributed by atoms with Crippen molar-refractivity contribution in [2.24, 2.45) is 10.9 Å². The summed E-state index contributed by atoms with van der Waals surface area (Å²) in [6.07, 6.45) is 6.45. The van der Waals surface area contributed by atoms with E-state index in [4.69, 9.17) is 0 Å². The zero-order valence-corrected chi connectivity index (χ0v) is 16.6. The van der Waals surface area contributed by atoms with Gasteiger partial charge in [0.1, 0.15) is 0 Å². The normalized spacial score (nSPS) is 16.4. The lowest BCUT2D eigenvalue weighted by Gasteiger charge is -2.30. The quantitative estimate of drug-likeness (QED) is 0.582. The van der Waals surface area contributed by atoms with Gasteiger partial charge >= 0.3 is 0 Å². The number of piperidine rings is 1. The van der Waals surface area contributed by atoms with Crippen LogP contribution < -0.4 is 10.6 Å². The monoisotopic (exact) mass is 368 g/mol. The van der Waals surface area contributed by atoms with Crippen molar-refractivity contribution in [1.29, 1.82) is 0 Å². The first kappa shape index (κ1) is 19.4. The van der Waals surface area contributed by atoms with E-state index in [0.717, 1.165) is 38.1 Å². The SMILES string of the molecule is CN=C(NCCN1CCC(C)CC1)NCc1ccccc1Cn1cccn1. The molecule has 0 amide bonds. The molecule has 1 aromatic carbocycles. The Bertz CT molecular complexity index is 701. The second kappa shape index (κ2) is 10.1. The van der Waals surface area contributed by atoms with Crippen LogP contribution in [-0.2, 0) is 13.1 Å². The van der Waals surface area contributed by atoms with Crippen LogP contribution >= 0.6 is 0 Å². The maximum Gasteiger partial charge on any atom is 0.191 e. The molecular weight excluding hydrogens is 336 g/mol. The molecule has 6 heteroatoms. The summed E-state index contributed by atoms with van der Waals surface area (Å²) in [6.45, 7) is 8.31. The molecule has 1 aliphatic heterocycles. The van der Waals surface area contributed by atoms with Gasteiger partial charge in [-0.15, -0.1) is 0 Å². The molecule has 1 fully saturated rings. The fraction of sp³-hybridized carbons (Fsp3) is 0.524. The lowest BCUT2D eigenvalue weighted by molar-refractivity contribution is 0.195. The summed E-state index contributed by atoms with van der Waals surface area (Å²) >= 11 is 0. The number of hydrogen-bond acceptors (Lipinski definition) is 3. The minimum Gasteiger partial charge on any atom is -0.355 e. The lowest BCUT2D eigenvalue weighted by Crippen LogP contribution is -2.43. The molecule has 1 aromatic heterocycles. The number of aromatic nitrogens is 2. The molecule has 0 spiro atoms. The van der Waals surface area contributed by atoms with Gasteiger partial charge in [0, 0.05) is 39.1 Å². The standard InChI is InChI=1S/C21H32N6/c1-18-8-13-26(14-9-18)15-11-23-21(22-2)24-16-19-6-3-4-7-20(19)17-27-12-5-10-25-27/h3-7,10,12,18H,8-9,11,13-17H2,1-2H3,(H2,22,23,24). The summed E-state index contributed by atoms with van der Waals surface area (Å²) in [6, 6.07) is 10.4. The van der Waals surface area contributed by atoms with E-state index in [1.807, 2.05) is 30.2 Å². The number of rotatable bonds is 7. The summed E-state index contributed by atoms with van der Waals surface area (Å²) in [4.78, 5) is 6.90. The van der Waals surface area contributed by atoms with E-state index in [9.17, 15) is 0 Å². The highest BCUT2D eigenvalue weighted by Gasteiger charge is 2.15. The van der Waals surface area contributed by atoms with Gasteiger partial charge in [0.15, 0.2) is 5.96 Å². The first-order valence-corrected chi connectivity index (χ1v) is 9.95. The van der Waals surface area contributed by atoms with Crippen molar-refractivity contribution in [3.63, 3.8) is 0 Å². The van der Waals surface area contributed by atoms with Crippen LogP contribution in [0.2, 0.25) is 0 Å². The van der Waals surface area contributed by atoms with Crippen LogP contribution in [0, 0.1) is 5.92 Å². The summed E-state index contributed by atoms with van der Waals surface area (Å²) in [5.41, 5.74) is 2.53. The molecule has 0 radical (unpaired) electrons. The summed E-state index contributed by atoms with van der Waals surface area (Å²) in [5, 5.41) is 11.2. The fourth-order valence-corrected chi connectivity index (χ4v) is 3.47. The van der Waals surface area contributed by atoms with Gasteiger partial charge in [0.2, 0.25) is 0 Å². The number of aliphatic imine (C=N–C) groups is 1. The molecule has 6 nitrogen and oxygen atoms in total. The largest absolute Gasteiger partial charge is 0.355 e. The van der Waals surface area contributed by atoms with E-state index >= 15 is 0 Å². The van der Waals surface area contributed by atoms with Gasteiger partial charge in [0.05, 0.1) is 6.54 Å². The van der Waals surface area contributed by atoms with Crippen LogP contribution in [0.5, 0.6) is 0 Å². The molecule has 2 heterocycles. The summed E-state index contributed by atoms with van der Waals surface area (Å²) < 4.78 is 1.95. The van der Waals surface area contributed by atoms with Crippen molar-refractivity contribution in [3.8, 4) is 0 Å². The molecule has 27 heavy (non-hydrogen) atoms. The summed E-state index contributed by atoms with van der Waals surface area (Å²) in [7, 11) is 1.83. The van der Waals surface area contributed by atoms with Crippen LogP contribution in [0.1, 0.15) is 30.9 Å². The van der Waals surface area contributed by atoms with Crippen molar-refractivity contribution in [2.75, 3.05) is 33.2 Å². The number of guanidine groups is 1. The van der Waals surface area contributed by atoms with Crippen molar-refractivity contribution in [3.05, 3.63) is 53.9 Å². The van der Waals surface area contributed by atoms with E-state index in [1.165, 1.54) is 37.1 Å². The van der Waals surface area contributed by atoms with Gasteiger partial charge in [0.25, 0.3) is 0 Å². The average molecular weight is 369 g/mol. The van der Waals surface area contributed by atoms with Crippen molar-refractivity contribution in [1.82, 2.24) is 25.3 Å². The van der Waals surface area contributed by atoms with E-state index < -0.39 is 0 Å². The third kappa shape index (κ3) is 6.10. The fourth-order valence-electron chi connectivity index (χ4n) is 3.47. The predicted octanol–water partition coefficient (Wildman–Crippen LogP) is 2.33. The van der Waals surface area contributed by atoms with Crippen LogP contribution in [0.25, 0.3) is 0 Å². The predicted molar refractivity (Wildman–Crippen MR) is 111 cm³/mol. The van der Waals surface area contributed by atoms with Crippen molar-refractivity contribution < 1.29 is 0 Å². The molecule has 146 valence electrons. The number of hydrogen-bond donors (Lipinski definition) is 2. The Morgan fingerprint density at radius 3 is 2.63 bits per heavy atom. The molecular formula is C21H32N6. The van der Waals surface area contributed by atoms with Gasteiger partial charge in [-0.1, -0.05) is 31.2 Å². The minimum absolute atomic E-state index is 0.748. The third-order valence-electron chi connectivity index (χ3n) is 5.28. The molecule has 3 rings (SSSR count). The second-order valence-corrected chi connectivity index (χ2v) is 7.35. The number of nitrogens with one attached hydrogen (secondary N) is 2. The van der Waals surface area contributed by atoms with Gasteiger partial charge in [-0.3, -0.25) is 9.67 Å². The molecule has 2 N–H and O–H groups in total. The maximum atomic E-state index is 4.36. The molecule has 1 aliphatic rings. The summed E-state index contributed by atoms with van der Waals surface area (Å²) in [5.74, 6) is 1.74.